The van der Waals surface area contributed by atoms with Gasteiger partial charge in [-0.2, -0.15) is 0 Å². The lowest BCUT2D eigenvalue weighted by Gasteiger charge is -2.26. The molecule has 20 heavy (non-hydrogen) atoms. The van der Waals surface area contributed by atoms with Gasteiger partial charge in [0.15, 0.2) is 0 Å². The highest BCUT2D eigenvalue weighted by Crippen LogP contribution is 2.41. The molecule has 0 bridgehead atoms. The van der Waals surface area contributed by atoms with Gasteiger partial charge < -0.3 is 15.2 Å². The Morgan fingerprint density at radius 1 is 1.20 bits per heavy atom. The van der Waals surface area contributed by atoms with Gasteiger partial charge in [0.1, 0.15) is 16.5 Å². The van der Waals surface area contributed by atoms with Gasteiger partial charge >= 0.3 is 0 Å². The van der Waals surface area contributed by atoms with Gasteiger partial charge in [0.05, 0.1) is 14.2 Å². The van der Waals surface area contributed by atoms with Gasteiger partial charge in [-0.15, -0.1) is 0 Å². The van der Waals surface area contributed by atoms with Crippen LogP contribution in [0.2, 0.25) is 5.02 Å². The van der Waals surface area contributed by atoms with E-state index in [9.17, 15) is 0 Å². The molecule has 0 radical (unpaired) electrons. The summed E-state index contributed by atoms with van der Waals surface area (Å²) >= 11 is 6.30. The quantitative estimate of drug-likeness (QED) is 0.880. The van der Waals surface area contributed by atoms with Gasteiger partial charge in [-0.3, -0.25) is 0 Å². The highest BCUT2D eigenvalue weighted by Gasteiger charge is 2.22. The molecule has 1 aromatic carbocycles. The Balaban J connectivity index is 2.16. The van der Waals surface area contributed by atoms with Crippen LogP contribution in [0, 0.1) is 5.92 Å². The summed E-state index contributed by atoms with van der Waals surface area (Å²) in [5.41, 5.74) is 7.36. The van der Waals surface area contributed by atoms with E-state index in [1.165, 1.54) is 32.1 Å². The number of hydrogen-bond acceptors (Lipinski definition) is 3. The van der Waals surface area contributed by atoms with Gasteiger partial charge in [-0.25, -0.2) is 0 Å². The van der Waals surface area contributed by atoms with Crippen molar-refractivity contribution in [2.75, 3.05) is 14.2 Å². The molecule has 1 saturated carbocycles. The van der Waals surface area contributed by atoms with Gasteiger partial charge in [0, 0.05) is 11.6 Å². The van der Waals surface area contributed by atoms with Crippen LogP contribution in [0.4, 0.5) is 0 Å². The first-order valence-corrected chi connectivity index (χ1v) is 7.71. The van der Waals surface area contributed by atoms with Crippen molar-refractivity contribution in [1.29, 1.82) is 0 Å². The van der Waals surface area contributed by atoms with Crippen molar-refractivity contribution < 1.29 is 9.47 Å². The summed E-state index contributed by atoms with van der Waals surface area (Å²) in [6.07, 6.45) is 7.61. The van der Waals surface area contributed by atoms with E-state index in [0.29, 0.717) is 16.5 Å². The fourth-order valence-electron chi connectivity index (χ4n) is 3.12. The number of rotatable bonds is 5. The number of nitrogens with two attached hydrogens (primary N) is 1. The third kappa shape index (κ3) is 3.39. The molecule has 0 amide bonds. The summed E-state index contributed by atoms with van der Waals surface area (Å²) in [7, 11) is 3.22. The number of halogens is 1. The third-order valence-electron chi connectivity index (χ3n) is 4.23. The molecule has 1 aromatic rings. The van der Waals surface area contributed by atoms with Gasteiger partial charge in [0.25, 0.3) is 0 Å². The third-order valence-corrected chi connectivity index (χ3v) is 4.59. The molecule has 1 unspecified atom stereocenters. The van der Waals surface area contributed by atoms with Crippen LogP contribution in [0.3, 0.4) is 0 Å². The average Bonchev–Trinajstić information content (AvgIpc) is 2.47. The van der Waals surface area contributed by atoms with E-state index in [1.807, 2.05) is 12.1 Å². The molecule has 2 rings (SSSR count). The van der Waals surface area contributed by atoms with Crippen LogP contribution in [-0.2, 0) is 0 Å². The first kappa shape index (κ1) is 15.5. The minimum Gasteiger partial charge on any atom is -0.495 e. The van der Waals surface area contributed by atoms with Crippen molar-refractivity contribution in [2.45, 2.75) is 44.6 Å². The number of hydrogen-bond donors (Lipinski definition) is 1. The molecule has 0 aromatic heterocycles. The normalized spacial score (nSPS) is 17.8. The van der Waals surface area contributed by atoms with Crippen molar-refractivity contribution >= 4 is 11.6 Å². The van der Waals surface area contributed by atoms with Crippen LogP contribution in [0.25, 0.3) is 0 Å². The Kier molecular flexibility index (Phi) is 5.55. The van der Waals surface area contributed by atoms with E-state index in [-0.39, 0.29) is 6.04 Å². The number of benzene rings is 1. The minimum atomic E-state index is -0.0311. The Hall–Kier alpha value is -0.930. The van der Waals surface area contributed by atoms with Crippen molar-refractivity contribution in [2.24, 2.45) is 11.7 Å². The van der Waals surface area contributed by atoms with Crippen LogP contribution < -0.4 is 15.2 Å². The van der Waals surface area contributed by atoms with E-state index in [4.69, 9.17) is 26.8 Å². The van der Waals surface area contributed by atoms with Crippen molar-refractivity contribution in [3.8, 4) is 11.5 Å². The number of methoxy groups -OCH3 is 2. The molecule has 1 atom stereocenters. The summed E-state index contributed by atoms with van der Waals surface area (Å²) in [4.78, 5) is 0. The summed E-state index contributed by atoms with van der Waals surface area (Å²) in [6.45, 7) is 0. The maximum Gasteiger partial charge on any atom is 0.146 e. The standard InChI is InChI=1S/C16H24ClNO2/c1-19-14-9-8-12(16(20-2)15(14)17)13(18)10-11-6-4-3-5-7-11/h8-9,11,13H,3-7,10,18H2,1-2H3. The average molecular weight is 298 g/mol. The molecule has 0 spiro atoms. The van der Waals surface area contributed by atoms with Crippen LogP contribution in [-0.4, -0.2) is 14.2 Å². The summed E-state index contributed by atoms with van der Waals surface area (Å²) < 4.78 is 10.7. The lowest BCUT2D eigenvalue weighted by atomic mass is 9.83. The first-order valence-electron chi connectivity index (χ1n) is 7.33. The minimum absolute atomic E-state index is 0.0311. The summed E-state index contributed by atoms with van der Waals surface area (Å²) in [6, 6.07) is 3.80. The molecule has 4 heteroatoms. The molecule has 1 aliphatic rings. The Morgan fingerprint density at radius 2 is 1.90 bits per heavy atom. The van der Waals surface area contributed by atoms with E-state index in [2.05, 4.69) is 0 Å². The van der Waals surface area contributed by atoms with Gasteiger partial charge in [-0.1, -0.05) is 43.7 Å². The zero-order chi connectivity index (χ0) is 14.5. The van der Waals surface area contributed by atoms with Crippen LogP contribution >= 0.6 is 11.6 Å². The van der Waals surface area contributed by atoms with E-state index in [1.54, 1.807) is 14.2 Å². The zero-order valence-electron chi connectivity index (χ0n) is 12.3. The second-order valence-corrected chi connectivity index (χ2v) is 5.93. The lowest BCUT2D eigenvalue weighted by Crippen LogP contribution is -2.18. The topological polar surface area (TPSA) is 44.5 Å². The SMILES string of the molecule is COc1ccc(C(N)CC2CCCCC2)c(OC)c1Cl. The molecule has 0 aliphatic heterocycles. The molecular formula is C16H24ClNO2. The smallest absolute Gasteiger partial charge is 0.146 e. The van der Waals surface area contributed by atoms with Gasteiger partial charge in [0.2, 0.25) is 0 Å². The van der Waals surface area contributed by atoms with E-state index < -0.39 is 0 Å². The molecule has 1 aliphatic carbocycles. The van der Waals surface area contributed by atoms with Crippen molar-refractivity contribution in [3.63, 3.8) is 0 Å². The molecule has 0 heterocycles. The van der Waals surface area contributed by atoms with Crippen LogP contribution in [0.1, 0.15) is 50.1 Å². The van der Waals surface area contributed by atoms with Crippen LogP contribution in [0.5, 0.6) is 11.5 Å². The first-order chi connectivity index (χ1) is 9.67. The lowest BCUT2D eigenvalue weighted by molar-refractivity contribution is 0.315. The monoisotopic (exact) mass is 297 g/mol. The maximum atomic E-state index is 6.38. The molecule has 112 valence electrons. The Morgan fingerprint density at radius 3 is 2.50 bits per heavy atom. The summed E-state index contributed by atoms with van der Waals surface area (Å²) in [5.74, 6) is 2.00. The predicted octanol–water partition coefficient (Wildman–Crippen LogP) is 4.33. The predicted molar refractivity (Wildman–Crippen MR) is 82.7 cm³/mol. The Bertz CT molecular complexity index is 444. The van der Waals surface area contributed by atoms with Gasteiger partial charge in [-0.05, 0) is 24.5 Å². The Labute approximate surface area is 126 Å². The molecule has 2 N–H and O–H groups in total. The number of ether oxygens (including phenoxy) is 2. The van der Waals surface area contributed by atoms with E-state index >= 15 is 0 Å². The maximum absolute atomic E-state index is 6.38. The zero-order valence-corrected chi connectivity index (χ0v) is 13.1. The molecular weight excluding hydrogens is 274 g/mol. The largest absolute Gasteiger partial charge is 0.495 e. The molecule has 0 saturated heterocycles. The second kappa shape index (κ2) is 7.19. The fourth-order valence-corrected chi connectivity index (χ4v) is 3.45. The molecule has 1 fully saturated rings. The van der Waals surface area contributed by atoms with Crippen molar-refractivity contribution in [3.05, 3.63) is 22.7 Å². The highest BCUT2D eigenvalue weighted by molar-refractivity contribution is 6.33. The fraction of sp³-hybridized carbons (Fsp3) is 0.625. The highest BCUT2D eigenvalue weighted by atomic mass is 35.5. The van der Waals surface area contributed by atoms with Crippen molar-refractivity contribution in [1.82, 2.24) is 0 Å². The molecule has 3 nitrogen and oxygen atoms in total. The second-order valence-electron chi connectivity index (χ2n) is 5.55. The van der Waals surface area contributed by atoms with E-state index in [0.717, 1.165) is 17.9 Å². The van der Waals surface area contributed by atoms with Crippen LogP contribution in [0.15, 0.2) is 12.1 Å². The summed E-state index contributed by atoms with van der Waals surface area (Å²) in [5, 5.41) is 0.506.